The van der Waals surface area contributed by atoms with Gasteiger partial charge in [0.1, 0.15) is 0 Å². The molecule has 0 atom stereocenters. The van der Waals surface area contributed by atoms with Crippen molar-refractivity contribution in [2.45, 2.75) is 13.8 Å². The molecule has 0 saturated heterocycles. The zero-order valence-electron chi connectivity index (χ0n) is 35.5. The van der Waals surface area contributed by atoms with Crippen molar-refractivity contribution >= 4 is 17.1 Å². The van der Waals surface area contributed by atoms with Crippen LogP contribution < -0.4 is 9.64 Å². The molecule has 5 heteroatoms. The largest absolute Gasteiger partial charge is 0.453 e. The van der Waals surface area contributed by atoms with Crippen LogP contribution in [-0.2, 0) is 0 Å². The third-order valence-electron chi connectivity index (χ3n) is 12.2. The van der Waals surface area contributed by atoms with E-state index in [1.54, 1.807) is 0 Å². The Kier molecular flexibility index (Phi) is 9.90. The highest BCUT2D eigenvalue weighted by molar-refractivity contribution is 6.04. The van der Waals surface area contributed by atoms with Gasteiger partial charge >= 0.3 is 0 Å². The van der Waals surface area contributed by atoms with E-state index in [0.29, 0.717) is 17.5 Å². The fourth-order valence-electron chi connectivity index (χ4n) is 8.99. The number of aromatic nitrogens is 3. The van der Waals surface area contributed by atoms with Crippen molar-refractivity contribution in [2.75, 3.05) is 4.90 Å². The molecule has 9 aromatic carbocycles. The topological polar surface area (TPSA) is 51.1 Å². The smallest absolute Gasteiger partial charge is 0.164 e. The number of hydrogen-bond acceptors (Lipinski definition) is 5. The highest BCUT2D eigenvalue weighted by atomic mass is 16.5. The molecule has 5 nitrogen and oxygen atoms in total. The summed E-state index contributed by atoms with van der Waals surface area (Å²) in [5, 5.41) is 0. The van der Waals surface area contributed by atoms with Crippen molar-refractivity contribution in [1.82, 2.24) is 15.0 Å². The molecule has 0 unspecified atom stereocenters. The number of anilines is 3. The minimum atomic E-state index is 0.620. The van der Waals surface area contributed by atoms with Gasteiger partial charge in [-0.2, -0.15) is 0 Å². The number of nitrogens with zero attached hydrogens (tertiary/aromatic N) is 4. The average Bonchev–Trinajstić information content (AvgIpc) is 3.37. The molecule has 0 fully saturated rings. The van der Waals surface area contributed by atoms with Gasteiger partial charge < -0.3 is 9.64 Å². The van der Waals surface area contributed by atoms with E-state index in [4.69, 9.17) is 19.7 Å². The van der Waals surface area contributed by atoms with Crippen LogP contribution >= 0.6 is 0 Å². The molecular formula is C59H42N4O. The molecule has 0 amide bonds. The van der Waals surface area contributed by atoms with E-state index in [1.807, 2.05) is 84.9 Å². The molecule has 1 aliphatic rings. The second kappa shape index (κ2) is 16.5. The Morgan fingerprint density at radius 2 is 0.594 bits per heavy atom. The van der Waals surface area contributed by atoms with Gasteiger partial charge in [-0.15, -0.1) is 0 Å². The van der Waals surface area contributed by atoms with Crippen LogP contribution in [0.15, 0.2) is 218 Å². The van der Waals surface area contributed by atoms with Gasteiger partial charge in [0.15, 0.2) is 29.0 Å². The summed E-state index contributed by atoms with van der Waals surface area (Å²) in [6.45, 7) is 4.54. The van der Waals surface area contributed by atoms with Gasteiger partial charge in [-0.05, 0) is 106 Å². The standard InChI is InChI=1S/C59H42N4O/c1-39-40(2)54(42-21-9-4-10-22-42)56(44-35-37-48(38-36-44)63-49-27-15-17-29-51(49)64-52-30-18-16-28-50(52)63)55(53(39)41-19-7-3-8-20-41)43-31-33-47(34-32-43)59-61-57(45-23-11-5-12-24-45)60-58(62-59)46-25-13-6-14-26-46/h3-38H,1-2H3. The third kappa shape index (κ3) is 6.99. The van der Waals surface area contributed by atoms with Crippen molar-refractivity contribution in [2.24, 2.45) is 0 Å². The van der Waals surface area contributed by atoms with Gasteiger partial charge in [0.05, 0.1) is 11.4 Å². The van der Waals surface area contributed by atoms with Crippen LogP contribution in [0.5, 0.6) is 11.5 Å². The molecule has 1 aromatic heterocycles. The Labute approximate surface area is 373 Å². The maximum Gasteiger partial charge on any atom is 0.164 e. The van der Waals surface area contributed by atoms with Gasteiger partial charge in [-0.3, -0.25) is 0 Å². The number of hydrogen-bond donors (Lipinski definition) is 0. The first-order valence-corrected chi connectivity index (χ1v) is 21.6. The van der Waals surface area contributed by atoms with Crippen LogP contribution in [0.2, 0.25) is 0 Å². The lowest BCUT2D eigenvalue weighted by Gasteiger charge is -2.33. The van der Waals surface area contributed by atoms with E-state index in [2.05, 4.69) is 152 Å². The Bertz CT molecular complexity index is 3180. The molecule has 1 aliphatic heterocycles. The number of ether oxygens (including phenoxy) is 1. The molecule has 304 valence electrons. The molecule has 0 spiro atoms. The van der Waals surface area contributed by atoms with Crippen LogP contribution in [-0.4, -0.2) is 15.0 Å². The van der Waals surface area contributed by atoms with Crippen molar-refractivity contribution in [3.05, 3.63) is 230 Å². The van der Waals surface area contributed by atoms with E-state index >= 15 is 0 Å². The zero-order valence-corrected chi connectivity index (χ0v) is 35.5. The number of fused-ring (bicyclic) bond motifs is 2. The van der Waals surface area contributed by atoms with E-state index in [-0.39, 0.29) is 0 Å². The molecular weight excluding hydrogens is 781 g/mol. The molecule has 0 saturated carbocycles. The highest BCUT2D eigenvalue weighted by Crippen LogP contribution is 2.52. The van der Waals surface area contributed by atoms with Gasteiger partial charge in [-0.1, -0.05) is 182 Å². The number of rotatable bonds is 8. The Balaban J connectivity index is 1.11. The quantitative estimate of drug-likeness (QED) is 0.153. The minimum absolute atomic E-state index is 0.620. The summed E-state index contributed by atoms with van der Waals surface area (Å²) in [6.07, 6.45) is 0. The fraction of sp³-hybridized carbons (Fsp3) is 0.0339. The van der Waals surface area contributed by atoms with Crippen LogP contribution in [0.1, 0.15) is 11.1 Å². The second-order valence-electron chi connectivity index (χ2n) is 16.0. The van der Waals surface area contributed by atoms with Crippen LogP contribution in [0.4, 0.5) is 17.1 Å². The van der Waals surface area contributed by atoms with Gasteiger partial charge in [0.25, 0.3) is 0 Å². The van der Waals surface area contributed by atoms with E-state index in [0.717, 1.165) is 56.4 Å². The highest BCUT2D eigenvalue weighted by Gasteiger charge is 2.27. The normalized spacial score (nSPS) is 11.7. The predicted molar refractivity (Wildman–Crippen MR) is 262 cm³/mol. The van der Waals surface area contributed by atoms with E-state index < -0.39 is 0 Å². The molecule has 2 heterocycles. The average molecular weight is 823 g/mol. The van der Waals surface area contributed by atoms with Crippen LogP contribution in [0.3, 0.4) is 0 Å². The van der Waals surface area contributed by atoms with E-state index in [9.17, 15) is 0 Å². The summed E-state index contributed by atoms with van der Waals surface area (Å²) >= 11 is 0. The molecule has 0 N–H and O–H groups in total. The Morgan fingerprint density at radius 3 is 1.00 bits per heavy atom. The molecule has 10 aromatic rings. The van der Waals surface area contributed by atoms with Crippen LogP contribution in [0.25, 0.3) is 78.7 Å². The first kappa shape index (κ1) is 38.5. The number of para-hydroxylation sites is 4. The molecule has 0 aliphatic carbocycles. The van der Waals surface area contributed by atoms with Crippen molar-refractivity contribution < 1.29 is 4.74 Å². The summed E-state index contributed by atoms with van der Waals surface area (Å²) < 4.78 is 6.37. The van der Waals surface area contributed by atoms with Crippen molar-refractivity contribution in [3.63, 3.8) is 0 Å². The number of benzene rings is 9. The summed E-state index contributed by atoms with van der Waals surface area (Å²) in [6, 6.07) is 76.1. The minimum Gasteiger partial charge on any atom is -0.453 e. The Hall–Kier alpha value is -8.41. The summed E-state index contributed by atoms with van der Waals surface area (Å²) in [5.41, 5.74) is 17.6. The first-order chi connectivity index (χ1) is 31.6. The van der Waals surface area contributed by atoms with Crippen molar-refractivity contribution in [1.29, 1.82) is 0 Å². The maximum absolute atomic E-state index is 6.37. The zero-order chi connectivity index (χ0) is 43.0. The Morgan fingerprint density at radius 1 is 0.297 bits per heavy atom. The summed E-state index contributed by atoms with van der Waals surface area (Å²) in [4.78, 5) is 17.3. The van der Waals surface area contributed by atoms with Gasteiger partial charge in [0.2, 0.25) is 0 Å². The monoisotopic (exact) mass is 822 g/mol. The van der Waals surface area contributed by atoms with E-state index in [1.165, 1.54) is 44.5 Å². The summed E-state index contributed by atoms with van der Waals surface area (Å²) in [5.74, 6) is 3.55. The van der Waals surface area contributed by atoms with Crippen LogP contribution in [0, 0.1) is 13.8 Å². The molecule has 11 rings (SSSR count). The van der Waals surface area contributed by atoms with Crippen molar-refractivity contribution in [3.8, 4) is 90.2 Å². The molecule has 0 bridgehead atoms. The van der Waals surface area contributed by atoms with Gasteiger partial charge in [-0.25, -0.2) is 15.0 Å². The predicted octanol–water partition coefficient (Wildman–Crippen LogP) is 15.7. The second-order valence-corrected chi connectivity index (χ2v) is 16.0. The SMILES string of the molecule is Cc1c(C)c(-c2ccccc2)c(-c2ccc(N3c4ccccc4Oc4ccccc43)cc2)c(-c2ccc(-c3nc(-c4ccccc4)nc(-c4ccccc4)n3)cc2)c1-c1ccccc1. The fourth-order valence-corrected chi connectivity index (χ4v) is 8.99. The maximum atomic E-state index is 6.37. The first-order valence-electron chi connectivity index (χ1n) is 21.6. The lowest BCUT2D eigenvalue weighted by Crippen LogP contribution is -2.15. The van der Waals surface area contributed by atoms with Gasteiger partial charge in [0, 0.05) is 22.4 Å². The third-order valence-corrected chi connectivity index (χ3v) is 12.2. The molecule has 0 radical (unpaired) electrons. The summed E-state index contributed by atoms with van der Waals surface area (Å²) in [7, 11) is 0. The molecule has 64 heavy (non-hydrogen) atoms. The lowest BCUT2D eigenvalue weighted by molar-refractivity contribution is 0.477. The lowest BCUT2D eigenvalue weighted by atomic mass is 9.78.